The molecule has 1 aromatic heterocycles. The van der Waals surface area contributed by atoms with Crippen LogP contribution in [0.2, 0.25) is 0 Å². The molecule has 1 atom stereocenters. The van der Waals surface area contributed by atoms with E-state index in [0.717, 1.165) is 6.07 Å². The topological polar surface area (TPSA) is 102 Å². The molecule has 1 fully saturated rings. The van der Waals surface area contributed by atoms with Gasteiger partial charge in [-0.2, -0.15) is 0 Å². The lowest BCUT2D eigenvalue weighted by Crippen LogP contribution is -2.41. The van der Waals surface area contributed by atoms with E-state index in [-0.39, 0.29) is 18.3 Å². The molecule has 0 saturated carbocycles. The summed E-state index contributed by atoms with van der Waals surface area (Å²) in [6.07, 6.45) is 1.18. The van der Waals surface area contributed by atoms with E-state index in [2.05, 4.69) is 16.0 Å². The molecule has 1 aliphatic heterocycles. The molecule has 1 saturated heterocycles. The van der Waals surface area contributed by atoms with Crippen molar-refractivity contribution in [2.45, 2.75) is 13.0 Å². The average Bonchev–Trinajstić information content (AvgIpc) is 3.10. The summed E-state index contributed by atoms with van der Waals surface area (Å²) in [6, 6.07) is 4.91. The Kier molecular flexibility index (Phi) is 6.05. The van der Waals surface area contributed by atoms with Crippen LogP contribution >= 0.6 is 0 Å². The van der Waals surface area contributed by atoms with E-state index >= 15 is 0 Å². The van der Waals surface area contributed by atoms with Crippen LogP contribution in [0.15, 0.2) is 34.9 Å². The minimum Gasteiger partial charge on any atom is -0.469 e. The summed E-state index contributed by atoms with van der Waals surface area (Å²) in [6.45, 7) is 3.38. The SMILES string of the molecule is Cc1occc1C(=O)Nc1cc(NC(=O)NC[C@H]2COCCO2)ccc1F. The van der Waals surface area contributed by atoms with Crippen LogP contribution in [0.3, 0.4) is 0 Å². The Morgan fingerprint density at radius 2 is 2.07 bits per heavy atom. The number of ether oxygens (including phenoxy) is 2. The maximum Gasteiger partial charge on any atom is 0.319 e. The summed E-state index contributed by atoms with van der Waals surface area (Å²) < 4.78 is 29.8. The highest BCUT2D eigenvalue weighted by Crippen LogP contribution is 2.21. The van der Waals surface area contributed by atoms with Crippen LogP contribution in [0, 0.1) is 12.7 Å². The lowest BCUT2D eigenvalue weighted by molar-refractivity contribution is -0.0852. The first kappa shape index (κ1) is 18.9. The maximum atomic E-state index is 14.0. The molecule has 3 rings (SSSR count). The highest BCUT2D eigenvalue weighted by atomic mass is 19.1. The zero-order valence-electron chi connectivity index (χ0n) is 14.7. The first-order chi connectivity index (χ1) is 13.0. The van der Waals surface area contributed by atoms with E-state index in [4.69, 9.17) is 13.9 Å². The number of hydrogen-bond acceptors (Lipinski definition) is 5. The Morgan fingerprint density at radius 1 is 1.22 bits per heavy atom. The quantitative estimate of drug-likeness (QED) is 0.743. The number of halogens is 1. The summed E-state index contributed by atoms with van der Waals surface area (Å²) >= 11 is 0. The van der Waals surface area contributed by atoms with E-state index in [9.17, 15) is 14.0 Å². The van der Waals surface area contributed by atoms with Crippen molar-refractivity contribution in [3.05, 3.63) is 47.7 Å². The van der Waals surface area contributed by atoms with Gasteiger partial charge in [-0.3, -0.25) is 4.79 Å². The summed E-state index contributed by atoms with van der Waals surface area (Å²) in [4.78, 5) is 24.2. The minimum atomic E-state index is -0.622. The average molecular weight is 377 g/mol. The second-order valence-corrected chi connectivity index (χ2v) is 5.94. The third-order valence-electron chi connectivity index (χ3n) is 3.95. The number of nitrogens with one attached hydrogen (secondary N) is 3. The second-order valence-electron chi connectivity index (χ2n) is 5.94. The summed E-state index contributed by atoms with van der Waals surface area (Å²) in [5.41, 5.74) is 0.580. The Bertz CT molecular complexity index is 817. The summed E-state index contributed by atoms with van der Waals surface area (Å²) in [5.74, 6) is -0.699. The fraction of sp³-hybridized carbons (Fsp3) is 0.333. The normalized spacial score (nSPS) is 16.6. The van der Waals surface area contributed by atoms with Crippen LogP contribution in [0.4, 0.5) is 20.6 Å². The highest BCUT2D eigenvalue weighted by Gasteiger charge is 2.16. The minimum absolute atomic E-state index is 0.0533. The zero-order valence-corrected chi connectivity index (χ0v) is 14.7. The van der Waals surface area contributed by atoms with Crippen LogP contribution in [-0.2, 0) is 9.47 Å². The third kappa shape index (κ3) is 5.05. The van der Waals surface area contributed by atoms with Gasteiger partial charge >= 0.3 is 6.03 Å². The Labute approximate surface area is 155 Å². The molecule has 0 unspecified atom stereocenters. The van der Waals surface area contributed by atoms with Crippen molar-refractivity contribution >= 4 is 23.3 Å². The number of benzene rings is 1. The van der Waals surface area contributed by atoms with Gasteiger partial charge in [0.05, 0.1) is 43.4 Å². The molecule has 9 heteroatoms. The number of carbonyl (C=O) groups excluding carboxylic acids is 2. The monoisotopic (exact) mass is 377 g/mol. The van der Waals surface area contributed by atoms with Gasteiger partial charge < -0.3 is 29.8 Å². The van der Waals surface area contributed by atoms with Crippen LogP contribution in [0.1, 0.15) is 16.1 Å². The number of furan rings is 1. The fourth-order valence-electron chi connectivity index (χ4n) is 2.55. The third-order valence-corrected chi connectivity index (χ3v) is 3.95. The van der Waals surface area contributed by atoms with Crippen LogP contribution in [-0.4, -0.2) is 44.4 Å². The predicted molar refractivity (Wildman–Crippen MR) is 95.4 cm³/mol. The molecule has 0 bridgehead atoms. The molecular weight excluding hydrogens is 357 g/mol. The lowest BCUT2D eigenvalue weighted by atomic mass is 10.2. The Morgan fingerprint density at radius 3 is 2.78 bits per heavy atom. The molecule has 0 aliphatic carbocycles. The van der Waals surface area contributed by atoms with Crippen LogP contribution in [0.25, 0.3) is 0 Å². The van der Waals surface area contributed by atoms with Crippen molar-refractivity contribution in [2.24, 2.45) is 0 Å². The number of urea groups is 1. The molecule has 27 heavy (non-hydrogen) atoms. The van der Waals surface area contributed by atoms with E-state index < -0.39 is 17.8 Å². The molecular formula is C18H20FN3O5. The summed E-state index contributed by atoms with van der Waals surface area (Å²) in [5, 5.41) is 7.71. The van der Waals surface area contributed by atoms with Gasteiger partial charge in [-0.1, -0.05) is 0 Å². The van der Waals surface area contributed by atoms with E-state index in [0.29, 0.717) is 36.8 Å². The lowest BCUT2D eigenvalue weighted by Gasteiger charge is -2.23. The summed E-state index contributed by atoms with van der Waals surface area (Å²) in [7, 11) is 0. The van der Waals surface area contributed by atoms with Gasteiger partial charge in [0.25, 0.3) is 5.91 Å². The van der Waals surface area contributed by atoms with Crippen molar-refractivity contribution in [2.75, 3.05) is 37.0 Å². The molecule has 0 radical (unpaired) electrons. The number of carbonyl (C=O) groups is 2. The highest BCUT2D eigenvalue weighted by molar-refractivity contribution is 6.05. The first-order valence-electron chi connectivity index (χ1n) is 8.42. The van der Waals surface area contributed by atoms with Crippen molar-refractivity contribution in [3.8, 4) is 0 Å². The zero-order chi connectivity index (χ0) is 19.2. The number of anilines is 2. The molecule has 3 amide bonds. The predicted octanol–water partition coefficient (Wildman–Crippen LogP) is 2.52. The van der Waals surface area contributed by atoms with E-state index in [1.54, 1.807) is 6.92 Å². The standard InChI is InChI=1S/C18H20FN3O5/c1-11-14(4-5-26-11)17(23)22-16-8-12(2-3-15(16)19)21-18(24)20-9-13-10-25-6-7-27-13/h2-5,8,13H,6-7,9-10H2,1H3,(H,22,23)(H2,20,21,24)/t13-/m0/s1. The van der Waals surface area contributed by atoms with Crippen molar-refractivity contribution in [1.82, 2.24) is 5.32 Å². The molecule has 8 nitrogen and oxygen atoms in total. The molecule has 1 aromatic carbocycles. The Hall–Kier alpha value is -2.91. The van der Waals surface area contributed by atoms with Gasteiger partial charge in [0.1, 0.15) is 11.6 Å². The number of aryl methyl sites for hydroxylation is 1. The molecule has 0 spiro atoms. The van der Waals surface area contributed by atoms with Gasteiger partial charge in [-0.05, 0) is 31.2 Å². The van der Waals surface area contributed by atoms with Gasteiger partial charge in [-0.25, -0.2) is 9.18 Å². The van der Waals surface area contributed by atoms with Crippen molar-refractivity contribution in [1.29, 1.82) is 0 Å². The van der Waals surface area contributed by atoms with Crippen molar-refractivity contribution < 1.29 is 27.9 Å². The van der Waals surface area contributed by atoms with Gasteiger partial charge in [0, 0.05) is 12.2 Å². The van der Waals surface area contributed by atoms with Crippen LogP contribution in [0.5, 0.6) is 0 Å². The maximum absolute atomic E-state index is 14.0. The van der Waals surface area contributed by atoms with Gasteiger partial charge in [0.2, 0.25) is 0 Å². The Balaban J connectivity index is 1.58. The first-order valence-corrected chi connectivity index (χ1v) is 8.42. The van der Waals surface area contributed by atoms with Gasteiger partial charge in [0.15, 0.2) is 0 Å². The van der Waals surface area contributed by atoms with E-state index in [1.165, 1.54) is 24.5 Å². The molecule has 1 aliphatic rings. The van der Waals surface area contributed by atoms with E-state index in [1.807, 2.05) is 0 Å². The fourth-order valence-corrected chi connectivity index (χ4v) is 2.55. The largest absolute Gasteiger partial charge is 0.469 e. The number of hydrogen-bond donors (Lipinski definition) is 3. The second kappa shape index (κ2) is 8.65. The van der Waals surface area contributed by atoms with Crippen molar-refractivity contribution in [3.63, 3.8) is 0 Å². The smallest absolute Gasteiger partial charge is 0.319 e. The molecule has 3 N–H and O–H groups in total. The van der Waals surface area contributed by atoms with Gasteiger partial charge in [-0.15, -0.1) is 0 Å². The van der Waals surface area contributed by atoms with Crippen LogP contribution < -0.4 is 16.0 Å². The number of rotatable bonds is 5. The number of amides is 3. The molecule has 144 valence electrons. The molecule has 2 aromatic rings. The molecule has 2 heterocycles.